The van der Waals surface area contributed by atoms with Crippen LogP contribution < -0.4 is 4.74 Å². The van der Waals surface area contributed by atoms with Crippen molar-refractivity contribution in [2.75, 3.05) is 6.61 Å². The third-order valence-electron chi connectivity index (χ3n) is 4.64. The number of halogens is 1. The molecule has 3 unspecified atom stereocenters. The summed E-state index contributed by atoms with van der Waals surface area (Å²) in [5.41, 5.74) is 3.60. The van der Waals surface area contributed by atoms with E-state index in [2.05, 4.69) is 31.2 Å². The first-order valence-corrected chi connectivity index (χ1v) is 8.92. The number of ether oxygens (including phenoxy) is 2. The molecule has 3 atom stereocenters. The van der Waals surface area contributed by atoms with Gasteiger partial charge in [0.25, 0.3) is 0 Å². The fourth-order valence-corrected chi connectivity index (χ4v) is 3.09. The molecule has 1 aliphatic heterocycles. The highest BCUT2D eigenvalue weighted by atomic mass is 19.1. The number of hydrogen-bond donors (Lipinski definition) is 1. The van der Waals surface area contributed by atoms with E-state index in [0.717, 1.165) is 24.2 Å². The van der Waals surface area contributed by atoms with Gasteiger partial charge >= 0.3 is 0 Å². The molecule has 0 bridgehead atoms. The first-order chi connectivity index (χ1) is 12.2. The predicted octanol–water partition coefficient (Wildman–Crippen LogP) is 4.05. The largest absolute Gasteiger partial charge is 0.465 e. The van der Waals surface area contributed by atoms with Crippen molar-refractivity contribution >= 4 is 0 Å². The Hall–Kier alpha value is -1.91. The highest BCUT2D eigenvalue weighted by molar-refractivity contribution is 5.38. The van der Waals surface area contributed by atoms with Crippen LogP contribution in [0.2, 0.25) is 0 Å². The van der Waals surface area contributed by atoms with E-state index in [9.17, 15) is 9.50 Å². The van der Waals surface area contributed by atoms with Crippen LogP contribution in [0, 0.1) is 0 Å². The van der Waals surface area contributed by atoms with Crippen LogP contribution in [0.5, 0.6) is 5.75 Å². The van der Waals surface area contributed by atoms with Crippen molar-refractivity contribution in [3.05, 3.63) is 65.2 Å². The second-order valence-electron chi connectivity index (χ2n) is 6.45. The molecule has 25 heavy (non-hydrogen) atoms. The Morgan fingerprint density at radius 2 is 1.80 bits per heavy atom. The Labute approximate surface area is 148 Å². The molecule has 0 radical (unpaired) electrons. The van der Waals surface area contributed by atoms with Crippen molar-refractivity contribution in [1.29, 1.82) is 0 Å². The van der Waals surface area contributed by atoms with Crippen LogP contribution in [0.4, 0.5) is 4.39 Å². The number of hydrogen-bond acceptors (Lipinski definition) is 3. The van der Waals surface area contributed by atoms with Crippen molar-refractivity contribution in [3.8, 4) is 5.75 Å². The molecule has 0 amide bonds. The molecule has 0 spiro atoms. The molecule has 1 aliphatic rings. The summed E-state index contributed by atoms with van der Waals surface area (Å²) in [6.45, 7) is 1.82. The van der Waals surface area contributed by atoms with Crippen LogP contribution in [0.15, 0.2) is 48.5 Å². The topological polar surface area (TPSA) is 38.7 Å². The van der Waals surface area contributed by atoms with E-state index in [-0.39, 0.29) is 6.61 Å². The van der Waals surface area contributed by atoms with Gasteiger partial charge in [-0.3, -0.25) is 0 Å². The summed E-state index contributed by atoms with van der Waals surface area (Å²) >= 11 is 0. The molecule has 3 nitrogen and oxygen atoms in total. The molecule has 2 aromatic carbocycles. The number of aryl methyl sites for hydroxylation is 1. The van der Waals surface area contributed by atoms with Crippen LogP contribution in [0.1, 0.15) is 36.5 Å². The van der Waals surface area contributed by atoms with E-state index in [4.69, 9.17) is 9.47 Å². The van der Waals surface area contributed by atoms with E-state index in [1.165, 1.54) is 11.1 Å². The number of rotatable bonds is 6. The SMILES string of the molecule is CCc1ccc(Cc2ccccc2OC2CCC(F)C(CO)O2)cc1. The zero-order valence-electron chi connectivity index (χ0n) is 14.5. The Bertz CT molecular complexity index is 671. The summed E-state index contributed by atoms with van der Waals surface area (Å²) < 4.78 is 25.2. The number of aliphatic hydroxyl groups excluding tert-OH is 1. The maximum absolute atomic E-state index is 13.6. The summed E-state index contributed by atoms with van der Waals surface area (Å²) in [4.78, 5) is 0. The van der Waals surface area contributed by atoms with Gasteiger partial charge in [0, 0.05) is 12.8 Å². The third-order valence-corrected chi connectivity index (χ3v) is 4.64. The normalized spacial score (nSPS) is 23.4. The van der Waals surface area contributed by atoms with Gasteiger partial charge in [-0.2, -0.15) is 0 Å². The van der Waals surface area contributed by atoms with Gasteiger partial charge in [-0.1, -0.05) is 49.4 Å². The van der Waals surface area contributed by atoms with Gasteiger partial charge in [0.05, 0.1) is 6.61 Å². The van der Waals surface area contributed by atoms with Crippen LogP contribution in [0.3, 0.4) is 0 Å². The van der Waals surface area contributed by atoms with Crippen molar-refractivity contribution < 1.29 is 19.0 Å². The van der Waals surface area contributed by atoms with Gasteiger partial charge in [0.1, 0.15) is 18.0 Å². The molecule has 0 aromatic heterocycles. The van der Waals surface area contributed by atoms with Crippen molar-refractivity contribution in [2.45, 2.75) is 51.2 Å². The van der Waals surface area contributed by atoms with Gasteiger partial charge in [-0.05, 0) is 35.6 Å². The average molecular weight is 344 g/mol. The molecule has 134 valence electrons. The standard InChI is InChI=1S/C21H25FO3/c1-2-15-7-9-16(10-8-15)13-17-5-3-4-6-19(17)24-21-12-11-18(22)20(14-23)25-21/h3-10,18,20-21,23H,2,11-14H2,1H3. The van der Waals surface area contributed by atoms with Crippen molar-refractivity contribution in [2.24, 2.45) is 0 Å². The summed E-state index contributed by atoms with van der Waals surface area (Å²) in [7, 11) is 0. The fraction of sp³-hybridized carbons (Fsp3) is 0.429. The molecule has 0 saturated carbocycles. The van der Waals surface area contributed by atoms with Gasteiger partial charge in [0.15, 0.2) is 6.29 Å². The van der Waals surface area contributed by atoms with Gasteiger partial charge in [-0.25, -0.2) is 4.39 Å². The van der Waals surface area contributed by atoms with Crippen LogP contribution in [-0.2, 0) is 17.6 Å². The van der Waals surface area contributed by atoms with Gasteiger partial charge in [0.2, 0.25) is 0 Å². The molecular weight excluding hydrogens is 319 g/mol. The van der Waals surface area contributed by atoms with Gasteiger partial charge in [-0.15, -0.1) is 0 Å². The second-order valence-corrected chi connectivity index (χ2v) is 6.45. The fourth-order valence-electron chi connectivity index (χ4n) is 3.09. The smallest absolute Gasteiger partial charge is 0.200 e. The molecule has 1 fully saturated rings. The Balaban J connectivity index is 1.70. The Kier molecular flexibility index (Phi) is 6.05. The minimum atomic E-state index is -1.13. The lowest BCUT2D eigenvalue weighted by molar-refractivity contribution is -0.182. The lowest BCUT2D eigenvalue weighted by atomic mass is 10.0. The summed E-state index contributed by atoms with van der Waals surface area (Å²) in [5, 5.41) is 9.22. The quantitative estimate of drug-likeness (QED) is 0.859. The van der Waals surface area contributed by atoms with Crippen LogP contribution in [0.25, 0.3) is 0 Å². The minimum absolute atomic E-state index is 0.327. The molecule has 1 saturated heterocycles. The highest BCUT2D eigenvalue weighted by Crippen LogP contribution is 2.28. The lowest BCUT2D eigenvalue weighted by Crippen LogP contribution is -2.41. The summed E-state index contributed by atoms with van der Waals surface area (Å²) in [6, 6.07) is 16.4. The molecule has 0 aliphatic carbocycles. The molecule has 1 heterocycles. The molecule has 3 rings (SSSR count). The number of para-hydroxylation sites is 1. The molecule has 4 heteroatoms. The zero-order chi connectivity index (χ0) is 17.6. The van der Waals surface area contributed by atoms with E-state index in [0.29, 0.717) is 12.8 Å². The number of benzene rings is 2. The average Bonchev–Trinajstić information content (AvgIpc) is 2.65. The third kappa shape index (κ3) is 4.59. The Morgan fingerprint density at radius 1 is 1.08 bits per heavy atom. The molecule has 1 N–H and O–H groups in total. The van der Waals surface area contributed by atoms with Crippen molar-refractivity contribution in [1.82, 2.24) is 0 Å². The molecular formula is C21H25FO3. The monoisotopic (exact) mass is 344 g/mol. The first-order valence-electron chi connectivity index (χ1n) is 8.92. The van der Waals surface area contributed by atoms with Crippen LogP contribution in [-0.4, -0.2) is 30.3 Å². The lowest BCUT2D eigenvalue weighted by Gasteiger charge is -2.32. The van der Waals surface area contributed by atoms with Crippen LogP contribution >= 0.6 is 0 Å². The second kappa shape index (κ2) is 8.45. The molecule has 2 aromatic rings. The maximum atomic E-state index is 13.6. The number of aliphatic hydroxyl groups is 1. The van der Waals surface area contributed by atoms with E-state index in [1.807, 2.05) is 24.3 Å². The predicted molar refractivity (Wildman–Crippen MR) is 95.6 cm³/mol. The summed E-state index contributed by atoms with van der Waals surface area (Å²) in [6.07, 6.45) is 0.175. The van der Waals surface area contributed by atoms with Gasteiger partial charge < -0.3 is 14.6 Å². The summed E-state index contributed by atoms with van der Waals surface area (Å²) in [5.74, 6) is 0.751. The van der Waals surface area contributed by atoms with Crippen molar-refractivity contribution in [3.63, 3.8) is 0 Å². The van der Waals surface area contributed by atoms with E-state index in [1.54, 1.807) is 0 Å². The van der Waals surface area contributed by atoms with E-state index < -0.39 is 18.6 Å². The number of alkyl halides is 1. The Morgan fingerprint density at radius 3 is 2.52 bits per heavy atom. The maximum Gasteiger partial charge on any atom is 0.200 e. The zero-order valence-corrected chi connectivity index (χ0v) is 14.5. The van der Waals surface area contributed by atoms with E-state index >= 15 is 0 Å². The minimum Gasteiger partial charge on any atom is -0.465 e. The first kappa shape index (κ1) is 17.9. The highest BCUT2D eigenvalue weighted by Gasteiger charge is 2.32.